The Morgan fingerprint density at radius 1 is 1.00 bits per heavy atom. The molecule has 2 aromatic carbocycles. The maximum Gasteiger partial charge on any atom is 0.421 e. The lowest BCUT2D eigenvalue weighted by Crippen LogP contribution is -2.13. The van der Waals surface area contributed by atoms with Gasteiger partial charge >= 0.3 is 6.18 Å². The molecule has 160 valence electrons. The van der Waals surface area contributed by atoms with Gasteiger partial charge in [0.2, 0.25) is 5.95 Å². The van der Waals surface area contributed by atoms with Crippen molar-refractivity contribution in [2.24, 2.45) is 0 Å². The van der Waals surface area contributed by atoms with Crippen molar-refractivity contribution in [3.05, 3.63) is 71.4 Å². The number of unbranched alkanes of at least 4 members (excludes halogenated alkanes) is 2. The molecule has 0 fully saturated rings. The zero-order valence-corrected chi connectivity index (χ0v) is 17.0. The molecule has 0 aliphatic carbocycles. The minimum absolute atomic E-state index is 0.0173. The number of nitriles is 1. The van der Waals surface area contributed by atoms with Crippen LogP contribution in [0.2, 0.25) is 0 Å². The number of anilines is 4. The van der Waals surface area contributed by atoms with Crippen molar-refractivity contribution in [3.8, 4) is 6.07 Å². The van der Waals surface area contributed by atoms with Crippen molar-refractivity contribution in [1.29, 1.82) is 5.26 Å². The average molecular weight is 425 g/mol. The molecule has 0 atom stereocenters. The predicted octanol–water partition coefficient (Wildman–Crippen LogP) is 6.59. The third-order valence-electron chi connectivity index (χ3n) is 4.67. The van der Waals surface area contributed by atoms with Crippen LogP contribution in [0.1, 0.15) is 42.9 Å². The summed E-state index contributed by atoms with van der Waals surface area (Å²) < 4.78 is 40.4. The first kappa shape index (κ1) is 22.1. The summed E-state index contributed by atoms with van der Waals surface area (Å²) in [4.78, 5) is 7.85. The molecule has 0 unspecified atom stereocenters. The van der Waals surface area contributed by atoms with Crippen molar-refractivity contribution in [3.63, 3.8) is 0 Å². The van der Waals surface area contributed by atoms with E-state index in [0.29, 0.717) is 5.69 Å². The lowest BCUT2D eigenvalue weighted by molar-refractivity contribution is -0.137. The molecule has 0 amide bonds. The summed E-state index contributed by atoms with van der Waals surface area (Å²) >= 11 is 0. The third kappa shape index (κ3) is 5.95. The number of benzene rings is 2. The fourth-order valence-corrected chi connectivity index (χ4v) is 3.02. The topological polar surface area (TPSA) is 73.6 Å². The highest BCUT2D eigenvalue weighted by Gasteiger charge is 2.35. The number of aromatic nitrogens is 2. The molecule has 3 aromatic rings. The van der Waals surface area contributed by atoms with Crippen LogP contribution in [0.4, 0.5) is 36.3 Å². The number of rotatable bonds is 8. The van der Waals surface area contributed by atoms with E-state index < -0.39 is 17.6 Å². The van der Waals surface area contributed by atoms with Gasteiger partial charge in [-0.1, -0.05) is 44.0 Å². The van der Waals surface area contributed by atoms with Crippen LogP contribution in [-0.4, -0.2) is 9.97 Å². The Morgan fingerprint density at radius 3 is 2.42 bits per heavy atom. The zero-order valence-electron chi connectivity index (χ0n) is 17.0. The van der Waals surface area contributed by atoms with Gasteiger partial charge in [-0.2, -0.15) is 23.4 Å². The SMILES string of the molecule is CCCCCc1ccc(Nc2ncc(C(F)(F)F)c(Nc3ccccc3C#N)n2)cc1. The lowest BCUT2D eigenvalue weighted by Gasteiger charge is -2.15. The van der Waals surface area contributed by atoms with Crippen LogP contribution in [0.3, 0.4) is 0 Å². The van der Waals surface area contributed by atoms with Gasteiger partial charge in [0.25, 0.3) is 0 Å². The van der Waals surface area contributed by atoms with Crippen LogP contribution >= 0.6 is 0 Å². The minimum Gasteiger partial charge on any atom is -0.338 e. The van der Waals surface area contributed by atoms with Gasteiger partial charge in [0.05, 0.1) is 11.3 Å². The lowest BCUT2D eigenvalue weighted by atomic mass is 10.1. The Balaban J connectivity index is 1.84. The Labute approximate surface area is 179 Å². The maximum atomic E-state index is 13.5. The van der Waals surface area contributed by atoms with Gasteiger partial charge in [0.1, 0.15) is 17.5 Å². The van der Waals surface area contributed by atoms with Crippen LogP contribution in [0, 0.1) is 11.3 Å². The van der Waals surface area contributed by atoms with Crippen LogP contribution in [-0.2, 0) is 12.6 Å². The average Bonchev–Trinajstić information content (AvgIpc) is 2.75. The first-order valence-corrected chi connectivity index (χ1v) is 9.97. The Kier molecular flexibility index (Phi) is 7.08. The molecule has 0 spiro atoms. The molecule has 0 aliphatic heterocycles. The summed E-state index contributed by atoms with van der Waals surface area (Å²) in [7, 11) is 0. The number of halogens is 3. The fourth-order valence-electron chi connectivity index (χ4n) is 3.02. The fraction of sp³-hybridized carbons (Fsp3) is 0.261. The second-order valence-corrected chi connectivity index (χ2v) is 7.02. The smallest absolute Gasteiger partial charge is 0.338 e. The number of nitrogens with zero attached hydrogens (tertiary/aromatic N) is 3. The van der Waals surface area contributed by atoms with E-state index >= 15 is 0 Å². The summed E-state index contributed by atoms with van der Waals surface area (Å²) in [6.45, 7) is 2.15. The van der Waals surface area contributed by atoms with E-state index in [2.05, 4.69) is 27.5 Å². The molecular formula is C23H22F3N5. The summed E-state index contributed by atoms with van der Waals surface area (Å²) in [5, 5.41) is 14.8. The van der Waals surface area contributed by atoms with Crippen LogP contribution < -0.4 is 10.6 Å². The van der Waals surface area contributed by atoms with Crippen LogP contribution in [0.15, 0.2) is 54.7 Å². The largest absolute Gasteiger partial charge is 0.421 e. The third-order valence-corrected chi connectivity index (χ3v) is 4.67. The molecule has 1 aromatic heterocycles. The normalized spacial score (nSPS) is 11.1. The second-order valence-electron chi connectivity index (χ2n) is 7.02. The van der Waals surface area contributed by atoms with E-state index in [1.165, 1.54) is 24.1 Å². The van der Waals surface area contributed by atoms with E-state index in [0.717, 1.165) is 25.5 Å². The molecule has 0 saturated heterocycles. The number of alkyl halides is 3. The summed E-state index contributed by atoms with van der Waals surface area (Å²) in [5.74, 6) is -0.410. The summed E-state index contributed by atoms with van der Waals surface area (Å²) in [5.41, 5.74) is 1.29. The van der Waals surface area contributed by atoms with Crippen molar-refractivity contribution >= 4 is 23.1 Å². The molecule has 5 nitrogen and oxygen atoms in total. The van der Waals surface area contributed by atoms with Gasteiger partial charge in [-0.25, -0.2) is 4.98 Å². The van der Waals surface area contributed by atoms with Crippen molar-refractivity contribution in [2.75, 3.05) is 10.6 Å². The van der Waals surface area contributed by atoms with E-state index in [4.69, 9.17) is 0 Å². The molecule has 0 aliphatic rings. The molecule has 0 radical (unpaired) electrons. The first-order valence-electron chi connectivity index (χ1n) is 9.97. The van der Waals surface area contributed by atoms with E-state index in [-0.39, 0.29) is 17.2 Å². The second kappa shape index (κ2) is 9.94. The van der Waals surface area contributed by atoms with Crippen LogP contribution in [0.5, 0.6) is 0 Å². The minimum atomic E-state index is -4.65. The number of para-hydroxylation sites is 1. The van der Waals surface area contributed by atoms with Crippen LogP contribution in [0.25, 0.3) is 0 Å². The number of aryl methyl sites for hydroxylation is 1. The summed E-state index contributed by atoms with van der Waals surface area (Å²) in [6, 6.07) is 15.9. The number of hydrogen-bond donors (Lipinski definition) is 2. The van der Waals surface area contributed by atoms with Gasteiger partial charge in [0, 0.05) is 11.9 Å². The molecule has 8 heteroatoms. The van der Waals surface area contributed by atoms with Gasteiger partial charge in [-0.3, -0.25) is 0 Å². The molecule has 2 N–H and O–H groups in total. The molecule has 31 heavy (non-hydrogen) atoms. The van der Waals surface area contributed by atoms with Gasteiger partial charge in [-0.15, -0.1) is 0 Å². The van der Waals surface area contributed by atoms with Gasteiger partial charge in [-0.05, 0) is 42.7 Å². The monoisotopic (exact) mass is 425 g/mol. The Hall–Kier alpha value is -3.60. The van der Waals surface area contributed by atoms with Gasteiger partial charge in [0.15, 0.2) is 0 Å². The van der Waals surface area contributed by atoms with Gasteiger partial charge < -0.3 is 10.6 Å². The molecule has 1 heterocycles. The standard InChI is InChI=1S/C23H22F3N5/c1-2-3-4-7-16-10-12-18(13-11-16)29-22-28-15-19(23(24,25)26)21(31-22)30-20-9-6-5-8-17(20)14-27/h5-6,8-13,15H,2-4,7H2,1H3,(H2,28,29,30,31). The highest BCUT2D eigenvalue weighted by molar-refractivity contribution is 5.67. The molecular weight excluding hydrogens is 403 g/mol. The Bertz CT molecular complexity index is 1060. The number of nitrogens with one attached hydrogen (secondary N) is 2. The van der Waals surface area contributed by atoms with Crippen molar-refractivity contribution in [2.45, 2.75) is 38.8 Å². The first-order chi connectivity index (χ1) is 14.9. The summed E-state index contributed by atoms with van der Waals surface area (Å²) in [6.07, 6.45) is 0.500. The molecule has 0 bridgehead atoms. The highest BCUT2D eigenvalue weighted by atomic mass is 19.4. The molecule has 3 rings (SSSR count). The zero-order chi connectivity index (χ0) is 22.3. The predicted molar refractivity (Wildman–Crippen MR) is 114 cm³/mol. The van der Waals surface area contributed by atoms with E-state index in [1.807, 2.05) is 30.3 Å². The van der Waals surface area contributed by atoms with E-state index in [9.17, 15) is 18.4 Å². The molecule has 0 saturated carbocycles. The number of hydrogen-bond acceptors (Lipinski definition) is 5. The van der Waals surface area contributed by atoms with E-state index in [1.54, 1.807) is 12.1 Å². The van der Waals surface area contributed by atoms with Crippen molar-refractivity contribution < 1.29 is 13.2 Å². The quantitative estimate of drug-likeness (QED) is 0.399. The Morgan fingerprint density at radius 2 is 1.74 bits per heavy atom. The highest BCUT2D eigenvalue weighted by Crippen LogP contribution is 2.35. The van der Waals surface area contributed by atoms with Crippen molar-refractivity contribution in [1.82, 2.24) is 9.97 Å². The maximum absolute atomic E-state index is 13.5.